The largest absolute Gasteiger partial charge is 0.309 e. The maximum Gasteiger partial charge on any atom is 0.144 e. The Kier molecular flexibility index (Phi) is 6.13. The monoisotopic (exact) mass is 545 g/mol. The van der Waals surface area contributed by atoms with Gasteiger partial charge in [-0.15, -0.1) is 0 Å². The van der Waals surface area contributed by atoms with Gasteiger partial charge in [0, 0.05) is 28.7 Å². The van der Waals surface area contributed by atoms with Crippen LogP contribution in [0, 0.1) is 41.5 Å². The molecule has 2 heterocycles. The molecule has 0 spiro atoms. The van der Waals surface area contributed by atoms with Crippen molar-refractivity contribution in [2.75, 3.05) is 0 Å². The maximum atomic E-state index is 4.88. The van der Waals surface area contributed by atoms with Crippen LogP contribution in [0.15, 0.2) is 103 Å². The van der Waals surface area contributed by atoms with Gasteiger partial charge in [-0.25, -0.2) is 4.98 Å². The second-order valence-electron chi connectivity index (χ2n) is 11.8. The molecule has 0 fully saturated rings. The average Bonchev–Trinajstić information content (AvgIpc) is 3.56. The molecule has 0 saturated heterocycles. The van der Waals surface area contributed by atoms with Crippen LogP contribution in [0.5, 0.6) is 0 Å². The predicted octanol–water partition coefficient (Wildman–Crippen LogP) is 10.2. The summed E-state index contributed by atoms with van der Waals surface area (Å²) in [6, 6.07) is 33.4. The summed E-state index contributed by atoms with van der Waals surface area (Å²) < 4.78 is 4.69. The quantitative estimate of drug-likeness (QED) is 0.216. The van der Waals surface area contributed by atoms with Gasteiger partial charge < -0.3 is 4.57 Å². The van der Waals surface area contributed by atoms with Gasteiger partial charge in [0.2, 0.25) is 0 Å². The van der Waals surface area contributed by atoms with Crippen LogP contribution in [0.2, 0.25) is 0 Å². The van der Waals surface area contributed by atoms with Crippen molar-refractivity contribution in [2.45, 2.75) is 41.5 Å². The van der Waals surface area contributed by atoms with E-state index in [4.69, 9.17) is 4.98 Å². The van der Waals surface area contributed by atoms with Crippen molar-refractivity contribution < 1.29 is 0 Å². The highest BCUT2D eigenvalue weighted by Gasteiger charge is 2.19. The summed E-state index contributed by atoms with van der Waals surface area (Å²) in [7, 11) is 0. The molecule has 0 radical (unpaired) electrons. The third kappa shape index (κ3) is 4.16. The number of nitrogens with zero attached hydrogens (tertiary/aromatic N) is 3. The highest BCUT2D eigenvalue weighted by Crippen LogP contribution is 2.37. The zero-order chi connectivity index (χ0) is 29.1. The SMILES string of the molecule is Cc1ccc2c(c1)c1cc(C)ccc1n2-c1c(C)cc(-c2nccn2-c2c(C)cc(-c3ccccc3)cc2C)cc1C. The van der Waals surface area contributed by atoms with E-state index in [1.165, 1.54) is 77.7 Å². The number of hydrogen-bond donors (Lipinski definition) is 0. The zero-order valence-corrected chi connectivity index (χ0v) is 25.2. The highest BCUT2D eigenvalue weighted by atomic mass is 15.1. The number of rotatable bonds is 4. The van der Waals surface area contributed by atoms with Crippen LogP contribution in [0.3, 0.4) is 0 Å². The first kappa shape index (κ1) is 26.0. The first-order chi connectivity index (χ1) is 20.3. The Morgan fingerprint density at radius 1 is 0.500 bits per heavy atom. The number of benzene rings is 5. The van der Waals surface area contributed by atoms with E-state index < -0.39 is 0 Å². The summed E-state index contributed by atoms with van der Waals surface area (Å²) in [6.45, 7) is 13.2. The lowest BCUT2D eigenvalue weighted by Gasteiger charge is -2.19. The molecule has 5 aromatic carbocycles. The Morgan fingerprint density at radius 3 is 1.60 bits per heavy atom. The van der Waals surface area contributed by atoms with Gasteiger partial charge in [-0.1, -0.05) is 53.6 Å². The van der Waals surface area contributed by atoms with E-state index in [2.05, 4.69) is 148 Å². The van der Waals surface area contributed by atoms with Crippen LogP contribution in [0.4, 0.5) is 0 Å². The second-order valence-corrected chi connectivity index (χ2v) is 11.8. The Morgan fingerprint density at radius 2 is 1.02 bits per heavy atom. The minimum atomic E-state index is 0.958. The van der Waals surface area contributed by atoms with Crippen molar-refractivity contribution in [2.24, 2.45) is 0 Å². The number of fused-ring (bicyclic) bond motifs is 3. The van der Waals surface area contributed by atoms with Crippen molar-refractivity contribution in [1.29, 1.82) is 0 Å². The van der Waals surface area contributed by atoms with Crippen molar-refractivity contribution in [3.8, 4) is 33.9 Å². The molecule has 7 rings (SSSR count). The first-order valence-electron chi connectivity index (χ1n) is 14.6. The van der Waals surface area contributed by atoms with Gasteiger partial charge in [0.15, 0.2) is 0 Å². The molecule has 3 nitrogen and oxygen atoms in total. The predicted molar refractivity (Wildman–Crippen MR) is 177 cm³/mol. The Balaban J connectivity index is 1.37. The van der Waals surface area contributed by atoms with Gasteiger partial charge in [0.25, 0.3) is 0 Å². The molecule has 0 bridgehead atoms. The van der Waals surface area contributed by atoms with Crippen LogP contribution in [0.1, 0.15) is 33.4 Å². The van der Waals surface area contributed by atoms with E-state index in [1.807, 2.05) is 6.20 Å². The van der Waals surface area contributed by atoms with Gasteiger partial charge >= 0.3 is 0 Å². The Bertz CT molecular complexity index is 2040. The minimum Gasteiger partial charge on any atom is -0.309 e. The topological polar surface area (TPSA) is 22.8 Å². The summed E-state index contributed by atoms with van der Waals surface area (Å²) in [6.07, 6.45) is 4.00. The molecule has 2 aromatic heterocycles. The van der Waals surface area contributed by atoms with Crippen LogP contribution in [-0.4, -0.2) is 14.1 Å². The van der Waals surface area contributed by atoms with Crippen LogP contribution in [-0.2, 0) is 0 Å². The van der Waals surface area contributed by atoms with Gasteiger partial charge in [-0.2, -0.15) is 0 Å². The Hall–Kier alpha value is -4.89. The summed E-state index contributed by atoms with van der Waals surface area (Å²) in [5.74, 6) is 0.958. The molecule has 0 saturated carbocycles. The molecule has 42 heavy (non-hydrogen) atoms. The van der Waals surface area contributed by atoms with E-state index in [0.29, 0.717) is 0 Å². The smallest absolute Gasteiger partial charge is 0.144 e. The fourth-order valence-corrected chi connectivity index (χ4v) is 6.76. The van der Waals surface area contributed by atoms with Gasteiger partial charge in [-0.05, 0) is 123 Å². The van der Waals surface area contributed by atoms with E-state index in [-0.39, 0.29) is 0 Å². The van der Waals surface area contributed by atoms with E-state index in [9.17, 15) is 0 Å². The molecule has 0 N–H and O–H groups in total. The molecule has 7 aromatic rings. The summed E-state index contributed by atoms with van der Waals surface area (Å²) in [5, 5.41) is 2.61. The third-order valence-electron chi connectivity index (χ3n) is 8.53. The van der Waals surface area contributed by atoms with Crippen molar-refractivity contribution in [1.82, 2.24) is 14.1 Å². The molecule has 0 aliphatic carbocycles. The number of hydrogen-bond acceptors (Lipinski definition) is 1. The van der Waals surface area contributed by atoms with Crippen molar-refractivity contribution in [3.05, 3.63) is 137 Å². The number of imidazole rings is 1. The van der Waals surface area contributed by atoms with Crippen LogP contribution in [0.25, 0.3) is 55.7 Å². The fourth-order valence-electron chi connectivity index (χ4n) is 6.76. The number of aromatic nitrogens is 3. The fraction of sp³-hybridized carbons (Fsp3) is 0.154. The number of aryl methyl sites for hydroxylation is 6. The van der Waals surface area contributed by atoms with E-state index in [0.717, 1.165) is 11.4 Å². The van der Waals surface area contributed by atoms with Gasteiger partial charge in [0.1, 0.15) is 5.82 Å². The molecular weight excluding hydrogens is 510 g/mol. The summed E-state index contributed by atoms with van der Waals surface area (Å²) in [5.41, 5.74) is 16.0. The lowest BCUT2D eigenvalue weighted by molar-refractivity contribution is 1.03. The second kappa shape index (κ2) is 9.88. The zero-order valence-electron chi connectivity index (χ0n) is 25.2. The lowest BCUT2D eigenvalue weighted by atomic mass is 9.98. The third-order valence-corrected chi connectivity index (χ3v) is 8.53. The molecule has 0 aliphatic rings. The van der Waals surface area contributed by atoms with Crippen molar-refractivity contribution in [3.63, 3.8) is 0 Å². The molecule has 0 aliphatic heterocycles. The average molecular weight is 546 g/mol. The van der Waals surface area contributed by atoms with E-state index >= 15 is 0 Å². The summed E-state index contributed by atoms with van der Waals surface area (Å²) >= 11 is 0. The highest BCUT2D eigenvalue weighted by molar-refractivity contribution is 6.10. The maximum absolute atomic E-state index is 4.88. The molecule has 3 heteroatoms. The van der Waals surface area contributed by atoms with Crippen molar-refractivity contribution >= 4 is 21.8 Å². The van der Waals surface area contributed by atoms with E-state index in [1.54, 1.807) is 0 Å². The minimum absolute atomic E-state index is 0.958. The molecule has 0 atom stereocenters. The standard InChI is InChI=1S/C39H35N3/c1-24-12-14-35-33(18-24)34-19-25(2)13-15-36(34)42(35)38-28(5)22-32(23-29(38)6)39-40-16-17-41(39)37-26(3)20-31(21-27(37)4)30-10-8-7-9-11-30/h7-23H,1-6H3. The molecular formula is C39H35N3. The molecule has 0 amide bonds. The van der Waals surface area contributed by atoms with Gasteiger partial charge in [0.05, 0.1) is 22.4 Å². The summed E-state index contributed by atoms with van der Waals surface area (Å²) in [4.78, 5) is 4.88. The molecule has 206 valence electrons. The normalized spacial score (nSPS) is 11.6. The van der Waals surface area contributed by atoms with Gasteiger partial charge in [-0.3, -0.25) is 4.57 Å². The molecule has 0 unspecified atom stereocenters. The first-order valence-corrected chi connectivity index (χ1v) is 14.6. The van der Waals surface area contributed by atoms with Crippen LogP contribution >= 0.6 is 0 Å². The Labute approximate surface area is 247 Å². The lowest BCUT2D eigenvalue weighted by Crippen LogP contribution is -2.04. The van der Waals surface area contributed by atoms with Crippen LogP contribution < -0.4 is 0 Å².